The van der Waals surface area contributed by atoms with Gasteiger partial charge < -0.3 is 9.73 Å². The zero-order valence-corrected chi connectivity index (χ0v) is 15.9. The van der Waals surface area contributed by atoms with Gasteiger partial charge in [0.25, 0.3) is 5.22 Å². The van der Waals surface area contributed by atoms with Crippen molar-refractivity contribution in [2.45, 2.75) is 43.9 Å². The number of hydrogen-bond donors (Lipinski definition) is 1. The number of hydrogen-bond acceptors (Lipinski definition) is 5. The predicted molar refractivity (Wildman–Crippen MR) is 97.7 cm³/mol. The van der Waals surface area contributed by atoms with Crippen molar-refractivity contribution >= 4 is 33.6 Å². The van der Waals surface area contributed by atoms with E-state index in [0.29, 0.717) is 22.9 Å². The minimum Gasteiger partial charge on any atom is -0.411 e. The second-order valence-corrected chi connectivity index (χ2v) is 8.04. The van der Waals surface area contributed by atoms with E-state index in [1.54, 1.807) is 0 Å². The van der Waals surface area contributed by atoms with Gasteiger partial charge in [0, 0.05) is 16.1 Å². The van der Waals surface area contributed by atoms with Crippen molar-refractivity contribution < 1.29 is 9.21 Å². The van der Waals surface area contributed by atoms with E-state index in [-0.39, 0.29) is 5.91 Å². The molecule has 1 aliphatic rings. The topological polar surface area (TPSA) is 68.0 Å². The molecule has 1 saturated carbocycles. The number of aromatic nitrogens is 2. The molecule has 128 valence electrons. The van der Waals surface area contributed by atoms with Gasteiger partial charge in [-0.1, -0.05) is 34.6 Å². The molecule has 0 spiro atoms. The van der Waals surface area contributed by atoms with Crippen LogP contribution >= 0.6 is 27.7 Å². The average Bonchev–Trinajstić information content (AvgIpc) is 3.05. The van der Waals surface area contributed by atoms with Crippen molar-refractivity contribution in [1.29, 1.82) is 0 Å². The molecule has 1 aliphatic carbocycles. The monoisotopic (exact) mass is 409 g/mol. The Morgan fingerprint density at radius 1 is 1.25 bits per heavy atom. The summed E-state index contributed by atoms with van der Waals surface area (Å²) in [6.07, 6.45) is 4.54. The zero-order chi connectivity index (χ0) is 16.9. The summed E-state index contributed by atoms with van der Waals surface area (Å²) in [5.41, 5.74) is 0.860. The Labute approximate surface area is 154 Å². The van der Waals surface area contributed by atoms with Gasteiger partial charge in [-0.15, -0.1) is 10.2 Å². The van der Waals surface area contributed by atoms with Crippen molar-refractivity contribution in [3.8, 4) is 11.5 Å². The highest BCUT2D eigenvalue weighted by molar-refractivity contribution is 9.10. The molecule has 5 nitrogen and oxygen atoms in total. The van der Waals surface area contributed by atoms with Crippen LogP contribution in [-0.4, -0.2) is 27.9 Å². The third-order valence-electron chi connectivity index (χ3n) is 4.21. The molecular weight excluding hydrogens is 390 g/mol. The Kier molecular flexibility index (Phi) is 5.94. The van der Waals surface area contributed by atoms with E-state index in [2.05, 4.69) is 38.4 Å². The minimum absolute atomic E-state index is 0.0305. The largest absolute Gasteiger partial charge is 0.411 e. The van der Waals surface area contributed by atoms with E-state index in [1.165, 1.54) is 24.6 Å². The normalized spacial score (nSPS) is 20.8. The summed E-state index contributed by atoms with van der Waals surface area (Å²) in [4.78, 5) is 12.1. The first-order valence-corrected chi connectivity index (χ1v) is 9.89. The maximum absolute atomic E-state index is 12.1. The lowest BCUT2D eigenvalue weighted by molar-refractivity contribution is -0.119. The Bertz CT molecular complexity index is 681. The van der Waals surface area contributed by atoms with Crippen LogP contribution in [0.15, 0.2) is 38.4 Å². The van der Waals surface area contributed by atoms with Crippen LogP contribution in [0.4, 0.5) is 0 Å². The standard InChI is InChI=1S/C17H20BrN3O2S/c1-11-2-8-14(9-3-11)19-15(22)10-24-17-21-20-16(23-17)12-4-6-13(18)7-5-12/h4-7,11,14H,2-3,8-10H2,1H3,(H,19,22). The zero-order valence-electron chi connectivity index (χ0n) is 13.5. The highest BCUT2D eigenvalue weighted by Gasteiger charge is 2.20. The van der Waals surface area contributed by atoms with Gasteiger partial charge >= 0.3 is 0 Å². The van der Waals surface area contributed by atoms with Crippen molar-refractivity contribution in [3.63, 3.8) is 0 Å². The third-order valence-corrected chi connectivity index (χ3v) is 5.55. The summed E-state index contributed by atoms with van der Waals surface area (Å²) in [5, 5.41) is 11.5. The molecule has 0 radical (unpaired) electrons. The summed E-state index contributed by atoms with van der Waals surface area (Å²) < 4.78 is 6.60. The Morgan fingerprint density at radius 2 is 1.96 bits per heavy atom. The van der Waals surface area contributed by atoms with Crippen molar-refractivity contribution in [2.75, 3.05) is 5.75 Å². The van der Waals surface area contributed by atoms with Crippen LogP contribution in [0.2, 0.25) is 0 Å². The van der Waals surface area contributed by atoms with E-state index in [4.69, 9.17) is 4.42 Å². The van der Waals surface area contributed by atoms with Crippen LogP contribution in [0.25, 0.3) is 11.5 Å². The summed E-state index contributed by atoms with van der Waals surface area (Å²) in [7, 11) is 0. The molecule has 1 fully saturated rings. The van der Waals surface area contributed by atoms with Crippen LogP contribution in [0.3, 0.4) is 0 Å². The number of nitrogens with zero attached hydrogens (tertiary/aromatic N) is 2. The van der Waals surface area contributed by atoms with E-state index in [1.807, 2.05) is 24.3 Å². The molecule has 24 heavy (non-hydrogen) atoms. The molecule has 3 rings (SSSR count). The van der Waals surface area contributed by atoms with Gasteiger partial charge in [0.15, 0.2) is 0 Å². The first-order chi connectivity index (χ1) is 11.6. The smallest absolute Gasteiger partial charge is 0.277 e. The summed E-state index contributed by atoms with van der Waals surface area (Å²) in [5.74, 6) is 1.58. The molecule has 0 aliphatic heterocycles. The highest BCUT2D eigenvalue weighted by atomic mass is 79.9. The molecule has 1 amide bonds. The number of amides is 1. The quantitative estimate of drug-likeness (QED) is 0.745. The molecule has 0 atom stereocenters. The molecule has 1 aromatic heterocycles. The van der Waals surface area contributed by atoms with Crippen LogP contribution in [0, 0.1) is 5.92 Å². The lowest BCUT2D eigenvalue weighted by Crippen LogP contribution is -2.38. The van der Waals surface area contributed by atoms with Gasteiger partial charge in [0.05, 0.1) is 5.75 Å². The first-order valence-electron chi connectivity index (χ1n) is 8.12. The fraction of sp³-hybridized carbons (Fsp3) is 0.471. The second-order valence-electron chi connectivity index (χ2n) is 6.19. The second kappa shape index (κ2) is 8.16. The van der Waals surface area contributed by atoms with Gasteiger partial charge in [0.2, 0.25) is 11.8 Å². The highest BCUT2D eigenvalue weighted by Crippen LogP contribution is 2.25. The molecule has 2 aromatic rings. The van der Waals surface area contributed by atoms with Crippen LogP contribution < -0.4 is 5.32 Å². The molecule has 0 saturated heterocycles. The number of rotatable bonds is 5. The van der Waals surface area contributed by atoms with Crippen LogP contribution in [0.1, 0.15) is 32.6 Å². The fourth-order valence-corrected chi connectivity index (χ4v) is 3.62. The molecule has 1 aromatic carbocycles. The maximum Gasteiger partial charge on any atom is 0.277 e. The minimum atomic E-state index is 0.0305. The molecule has 0 unspecified atom stereocenters. The van der Waals surface area contributed by atoms with E-state index in [0.717, 1.165) is 28.8 Å². The van der Waals surface area contributed by atoms with Crippen molar-refractivity contribution in [3.05, 3.63) is 28.7 Å². The van der Waals surface area contributed by atoms with Gasteiger partial charge in [-0.2, -0.15) is 0 Å². The number of nitrogens with one attached hydrogen (secondary N) is 1. The number of halogens is 1. The molecular formula is C17H20BrN3O2S. The lowest BCUT2D eigenvalue weighted by atomic mass is 9.87. The Hall–Kier alpha value is -1.34. The van der Waals surface area contributed by atoms with Crippen LogP contribution in [0.5, 0.6) is 0 Å². The SMILES string of the molecule is CC1CCC(NC(=O)CSc2nnc(-c3ccc(Br)cc3)o2)CC1. The van der Waals surface area contributed by atoms with Gasteiger partial charge in [-0.25, -0.2) is 0 Å². The maximum atomic E-state index is 12.1. The van der Waals surface area contributed by atoms with Gasteiger partial charge in [0.1, 0.15) is 0 Å². The molecule has 0 bridgehead atoms. The van der Waals surface area contributed by atoms with E-state index >= 15 is 0 Å². The summed E-state index contributed by atoms with van der Waals surface area (Å²) in [6.45, 7) is 2.27. The lowest BCUT2D eigenvalue weighted by Gasteiger charge is -2.26. The van der Waals surface area contributed by atoms with Gasteiger partial charge in [-0.05, 0) is 55.9 Å². The van der Waals surface area contributed by atoms with Crippen molar-refractivity contribution in [2.24, 2.45) is 5.92 Å². The Morgan fingerprint density at radius 3 is 2.67 bits per heavy atom. The van der Waals surface area contributed by atoms with E-state index in [9.17, 15) is 4.79 Å². The number of carbonyl (C=O) groups excluding carboxylic acids is 1. The number of thioether (sulfide) groups is 1. The molecule has 7 heteroatoms. The predicted octanol–water partition coefficient (Wildman–Crippen LogP) is 4.29. The van der Waals surface area contributed by atoms with Gasteiger partial charge in [-0.3, -0.25) is 4.79 Å². The average molecular weight is 410 g/mol. The van der Waals surface area contributed by atoms with Crippen LogP contribution in [-0.2, 0) is 4.79 Å². The Balaban J connectivity index is 1.48. The van der Waals surface area contributed by atoms with Crippen molar-refractivity contribution in [1.82, 2.24) is 15.5 Å². The number of carbonyl (C=O) groups is 1. The molecule has 1 heterocycles. The third kappa shape index (κ3) is 4.83. The fourth-order valence-electron chi connectivity index (χ4n) is 2.78. The summed E-state index contributed by atoms with van der Waals surface area (Å²) in [6, 6.07) is 7.97. The number of benzene rings is 1. The molecule has 1 N–H and O–H groups in total. The first kappa shape index (κ1) is 17.5. The summed E-state index contributed by atoms with van der Waals surface area (Å²) >= 11 is 4.67. The van der Waals surface area contributed by atoms with E-state index < -0.39 is 0 Å².